The second-order valence-electron chi connectivity index (χ2n) is 6.10. The van der Waals surface area contributed by atoms with Crippen LogP contribution in [0.3, 0.4) is 0 Å². The van der Waals surface area contributed by atoms with Gasteiger partial charge in [-0.05, 0) is 18.2 Å². The minimum Gasteiger partial charge on any atom is -0.357 e. The minimum atomic E-state index is -1.07. The van der Waals surface area contributed by atoms with E-state index in [1.807, 2.05) is 4.90 Å². The van der Waals surface area contributed by atoms with E-state index in [4.69, 9.17) is 0 Å². The fourth-order valence-corrected chi connectivity index (χ4v) is 2.92. The van der Waals surface area contributed by atoms with E-state index < -0.39 is 5.66 Å². The Kier molecular flexibility index (Phi) is 4.77. The predicted molar refractivity (Wildman–Crippen MR) is 89.3 cm³/mol. The Morgan fingerprint density at radius 2 is 2.21 bits per heavy atom. The number of nitrogens with zero attached hydrogens (tertiary/aromatic N) is 1. The van der Waals surface area contributed by atoms with Crippen LogP contribution in [0.5, 0.6) is 0 Å². The molecule has 128 valence electrons. The number of carbonyl (C=O) groups is 3. The first-order chi connectivity index (χ1) is 11.6. The minimum absolute atomic E-state index is 0.0879. The van der Waals surface area contributed by atoms with Gasteiger partial charge in [-0.15, -0.1) is 0 Å². The molecule has 8 nitrogen and oxygen atoms in total. The van der Waals surface area contributed by atoms with Gasteiger partial charge in [0.05, 0.1) is 6.54 Å². The number of rotatable bonds is 6. The van der Waals surface area contributed by atoms with Crippen LogP contribution in [0, 0.1) is 0 Å². The summed E-state index contributed by atoms with van der Waals surface area (Å²) in [5.74, 6) is -0.242. The summed E-state index contributed by atoms with van der Waals surface area (Å²) in [5.41, 5.74) is 0.230. The fraction of sp³-hybridized carbons (Fsp3) is 0.438. The average Bonchev–Trinajstić information content (AvgIpc) is 3.18. The molecule has 2 aliphatic heterocycles. The van der Waals surface area contributed by atoms with Gasteiger partial charge in [0.2, 0.25) is 11.8 Å². The molecule has 1 aromatic rings. The summed E-state index contributed by atoms with van der Waals surface area (Å²) >= 11 is 0. The van der Waals surface area contributed by atoms with Crippen LogP contribution in [-0.4, -0.2) is 55.0 Å². The molecule has 3 rings (SSSR count). The lowest BCUT2D eigenvalue weighted by Crippen LogP contribution is -2.50. The number of hydrogen-bond donors (Lipinski definition) is 4. The highest BCUT2D eigenvalue weighted by Crippen LogP contribution is 2.23. The summed E-state index contributed by atoms with van der Waals surface area (Å²) in [7, 11) is 0. The quantitative estimate of drug-likeness (QED) is 0.534. The van der Waals surface area contributed by atoms with E-state index >= 15 is 0 Å². The van der Waals surface area contributed by atoms with Crippen molar-refractivity contribution in [2.75, 3.05) is 36.9 Å². The first-order valence-corrected chi connectivity index (χ1v) is 7.97. The third-order valence-electron chi connectivity index (χ3n) is 4.13. The maximum absolute atomic E-state index is 12.1. The van der Waals surface area contributed by atoms with Gasteiger partial charge in [-0.3, -0.25) is 19.3 Å². The topological polar surface area (TPSA) is 103 Å². The molecule has 0 bridgehead atoms. The molecule has 2 aliphatic rings. The Balaban J connectivity index is 1.62. The van der Waals surface area contributed by atoms with Gasteiger partial charge in [-0.2, -0.15) is 0 Å². The molecular formula is C16H21N5O3. The first kappa shape index (κ1) is 16.4. The van der Waals surface area contributed by atoms with Gasteiger partial charge in [0.1, 0.15) is 0 Å². The molecule has 4 N–H and O–H groups in total. The zero-order valence-electron chi connectivity index (χ0n) is 13.3. The molecule has 0 radical (unpaired) electrons. The monoisotopic (exact) mass is 331 g/mol. The standard InChI is InChI=1S/C16H21N5O3/c22-10-16(5-4-14(23)20-16)19-13-3-1-2-12(8-13)18-15(24)9-21-7-6-17-11-21/h1-3,8,10,17,19H,4-7,9,11H2,(H,18,24)(H,20,23). The molecule has 1 atom stereocenters. The molecule has 0 spiro atoms. The molecular weight excluding hydrogens is 310 g/mol. The number of amides is 2. The zero-order chi connectivity index (χ0) is 17.0. The summed E-state index contributed by atoms with van der Waals surface area (Å²) in [5, 5.41) is 11.7. The molecule has 1 unspecified atom stereocenters. The average molecular weight is 331 g/mol. The normalized spacial score (nSPS) is 23.8. The number of hydrogen-bond acceptors (Lipinski definition) is 6. The highest BCUT2D eigenvalue weighted by Gasteiger charge is 2.37. The lowest BCUT2D eigenvalue weighted by molar-refractivity contribution is -0.121. The van der Waals surface area contributed by atoms with Crippen molar-refractivity contribution in [1.29, 1.82) is 0 Å². The molecule has 2 heterocycles. The summed E-state index contributed by atoms with van der Waals surface area (Å²) in [4.78, 5) is 36.9. The van der Waals surface area contributed by atoms with E-state index in [9.17, 15) is 14.4 Å². The maximum atomic E-state index is 12.1. The molecule has 2 amide bonds. The molecule has 1 aromatic carbocycles. The van der Waals surface area contributed by atoms with Crippen molar-refractivity contribution in [3.63, 3.8) is 0 Å². The van der Waals surface area contributed by atoms with Crippen LogP contribution in [0.4, 0.5) is 11.4 Å². The van der Waals surface area contributed by atoms with Crippen LogP contribution in [-0.2, 0) is 14.4 Å². The summed E-state index contributed by atoms with van der Waals surface area (Å²) in [6.07, 6.45) is 1.42. The van der Waals surface area contributed by atoms with Crippen molar-refractivity contribution in [2.45, 2.75) is 18.5 Å². The first-order valence-electron chi connectivity index (χ1n) is 7.97. The molecule has 24 heavy (non-hydrogen) atoms. The fourth-order valence-electron chi connectivity index (χ4n) is 2.92. The van der Waals surface area contributed by atoms with Crippen LogP contribution >= 0.6 is 0 Å². The number of aldehydes is 1. The Labute approximate surface area is 140 Å². The summed E-state index contributed by atoms with van der Waals surface area (Å²) in [6.45, 7) is 2.80. The van der Waals surface area contributed by atoms with Crippen molar-refractivity contribution < 1.29 is 14.4 Å². The molecule has 0 aromatic heterocycles. The lowest BCUT2D eigenvalue weighted by atomic mass is 10.1. The molecule has 8 heteroatoms. The molecule has 2 fully saturated rings. The van der Waals surface area contributed by atoms with Crippen LogP contribution in [0.1, 0.15) is 12.8 Å². The van der Waals surface area contributed by atoms with Gasteiger partial charge >= 0.3 is 0 Å². The summed E-state index contributed by atoms with van der Waals surface area (Å²) < 4.78 is 0. The largest absolute Gasteiger partial charge is 0.357 e. The number of anilines is 2. The third-order valence-corrected chi connectivity index (χ3v) is 4.13. The number of nitrogens with one attached hydrogen (secondary N) is 4. The van der Waals surface area contributed by atoms with E-state index in [1.165, 1.54) is 0 Å². The zero-order valence-corrected chi connectivity index (χ0v) is 13.3. The van der Waals surface area contributed by atoms with Crippen molar-refractivity contribution in [3.05, 3.63) is 24.3 Å². The van der Waals surface area contributed by atoms with Gasteiger partial charge in [0.25, 0.3) is 0 Å². The van der Waals surface area contributed by atoms with E-state index in [2.05, 4.69) is 21.3 Å². The molecule has 0 saturated carbocycles. The van der Waals surface area contributed by atoms with Crippen molar-refractivity contribution in [2.24, 2.45) is 0 Å². The van der Waals surface area contributed by atoms with E-state index in [0.29, 0.717) is 37.0 Å². The number of carbonyl (C=O) groups excluding carboxylic acids is 3. The van der Waals surface area contributed by atoms with Crippen LogP contribution < -0.4 is 21.3 Å². The molecule has 2 saturated heterocycles. The number of benzene rings is 1. The van der Waals surface area contributed by atoms with Gasteiger partial charge < -0.3 is 21.3 Å². The van der Waals surface area contributed by atoms with E-state index in [1.54, 1.807) is 24.3 Å². The van der Waals surface area contributed by atoms with Crippen LogP contribution in [0.25, 0.3) is 0 Å². The second kappa shape index (κ2) is 6.98. The Bertz CT molecular complexity index is 644. The van der Waals surface area contributed by atoms with Crippen molar-refractivity contribution in [3.8, 4) is 0 Å². The summed E-state index contributed by atoms with van der Waals surface area (Å²) in [6, 6.07) is 7.10. The highest BCUT2D eigenvalue weighted by atomic mass is 16.2. The predicted octanol–water partition coefficient (Wildman–Crippen LogP) is -0.295. The van der Waals surface area contributed by atoms with Gasteiger partial charge in [0, 0.05) is 44.0 Å². The van der Waals surface area contributed by atoms with Crippen molar-refractivity contribution >= 4 is 29.5 Å². The third kappa shape index (κ3) is 3.90. The van der Waals surface area contributed by atoms with Gasteiger partial charge in [-0.25, -0.2) is 0 Å². The van der Waals surface area contributed by atoms with E-state index in [0.717, 1.165) is 19.8 Å². The SMILES string of the molecule is O=CC1(Nc2cccc(NC(=O)CN3CCNC3)c2)CCC(=O)N1. The highest BCUT2D eigenvalue weighted by molar-refractivity contribution is 5.93. The van der Waals surface area contributed by atoms with E-state index in [-0.39, 0.29) is 11.8 Å². The van der Waals surface area contributed by atoms with Crippen molar-refractivity contribution in [1.82, 2.24) is 15.5 Å². The lowest BCUT2D eigenvalue weighted by Gasteiger charge is -2.25. The maximum Gasteiger partial charge on any atom is 0.238 e. The Morgan fingerprint density at radius 1 is 1.38 bits per heavy atom. The van der Waals surface area contributed by atoms with Gasteiger partial charge in [0.15, 0.2) is 11.9 Å². The second-order valence-corrected chi connectivity index (χ2v) is 6.10. The van der Waals surface area contributed by atoms with Crippen LogP contribution in [0.15, 0.2) is 24.3 Å². The Hall–Kier alpha value is -2.45. The Morgan fingerprint density at radius 3 is 2.88 bits per heavy atom. The van der Waals surface area contributed by atoms with Crippen LogP contribution in [0.2, 0.25) is 0 Å². The van der Waals surface area contributed by atoms with Gasteiger partial charge in [-0.1, -0.05) is 6.07 Å². The molecule has 0 aliphatic carbocycles. The smallest absolute Gasteiger partial charge is 0.238 e.